The largest absolute Gasteiger partial charge is 0.481 e. The summed E-state index contributed by atoms with van der Waals surface area (Å²) in [6, 6.07) is 2.69. The highest BCUT2D eigenvalue weighted by Gasteiger charge is 2.26. The highest BCUT2D eigenvalue weighted by molar-refractivity contribution is 5.97. The van der Waals surface area contributed by atoms with Gasteiger partial charge in [-0.2, -0.15) is 0 Å². The number of carbonyl (C=O) groups excluding carboxylic acids is 1. The van der Waals surface area contributed by atoms with E-state index in [1.807, 2.05) is 0 Å². The van der Waals surface area contributed by atoms with Gasteiger partial charge in [-0.3, -0.25) is 14.5 Å². The molecule has 1 atom stereocenters. The van der Waals surface area contributed by atoms with Crippen LogP contribution in [0.1, 0.15) is 23.2 Å². The lowest BCUT2D eigenvalue weighted by molar-refractivity contribution is -0.143. The number of carbonyl (C=O) groups is 2. The summed E-state index contributed by atoms with van der Waals surface area (Å²) >= 11 is 0. The molecule has 1 heterocycles. The number of Topliss-reactive ketones (excluding diaryl/α,β-unsaturated/α-hetero) is 1. The molecule has 0 spiro atoms. The number of hydrogen-bond acceptors (Lipinski definition) is 3. The molecule has 1 fully saturated rings. The number of ketones is 1. The van der Waals surface area contributed by atoms with Crippen molar-refractivity contribution in [3.8, 4) is 0 Å². The van der Waals surface area contributed by atoms with Gasteiger partial charge in [0, 0.05) is 18.2 Å². The number of hydrogen-bond donors (Lipinski definition) is 1. The Morgan fingerprint density at radius 3 is 2.50 bits per heavy atom. The third kappa shape index (κ3) is 3.60. The van der Waals surface area contributed by atoms with Crippen molar-refractivity contribution in [2.45, 2.75) is 12.8 Å². The van der Waals surface area contributed by atoms with Gasteiger partial charge < -0.3 is 5.11 Å². The number of carboxylic acids is 1. The van der Waals surface area contributed by atoms with Gasteiger partial charge in [-0.1, -0.05) is 0 Å². The van der Waals surface area contributed by atoms with Gasteiger partial charge in [0.15, 0.2) is 5.78 Å². The molecule has 0 amide bonds. The Balaban J connectivity index is 2.02. The zero-order valence-corrected chi connectivity index (χ0v) is 10.8. The highest BCUT2D eigenvalue weighted by Crippen LogP contribution is 2.17. The van der Waals surface area contributed by atoms with E-state index in [-0.39, 0.29) is 12.1 Å². The predicted octanol–water partition coefficient (Wildman–Crippen LogP) is 1.94. The molecule has 6 heteroatoms. The van der Waals surface area contributed by atoms with Crippen molar-refractivity contribution >= 4 is 11.8 Å². The van der Waals surface area contributed by atoms with Gasteiger partial charge in [-0.25, -0.2) is 8.78 Å². The molecule has 1 N–H and O–H groups in total. The second kappa shape index (κ2) is 6.09. The average Bonchev–Trinajstić information content (AvgIpc) is 2.37. The lowest BCUT2D eigenvalue weighted by Crippen LogP contribution is -2.41. The number of likely N-dealkylation sites (tertiary alicyclic amines) is 1. The number of nitrogens with zero attached hydrogens (tertiary/aromatic N) is 1. The van der Waals surface area contributed by atoms with E-state index in [1.54, 1.807) is 4.90 Å². The molecule has 1 saturated heterocycles. The molecule has 0 aromatic heterocycles. The summed E-state index contributed by atoms with van der Waals surface area (Å²) in [5.74, 6) is -3.36. The van der Waals surface area contributed by atoms with Crippen LogP contribution < -0.4 is 0 Å². The lowest BCUT2D eigenvalue weighted by Gasteiger charge is -2.29. The smallest absolute Gasteiger partial charge is 0.307 e. The topological polar surface area (TPSA) is 57.6 Å². The molecular formula is C14H15F2NO3. The third-order valence-electron chi connectivity index (χ3n) is 3.41. The third-order valence-corrected chi connectivity index (χ3v) is 3.41. The predicted molar refractivity (Wildman–Crippen MR) is 67.5 cm³/mol. The number of benzene rings is 1. The molecule has 0 aliphatic carbocycles. The Morgan fingerprint density at radius 1 is 1.25 bits per heavy atom. The molecule has 20 heavy (non-hydrogen) atoms. The van der Waals surface area contributed by atoms with Crippen LogP contribution in [-0.4, -0.2) is 41.4 Å². The van der Waals surface area contributed by atoms with E-state index in [0.717, 1.165) is 12.1 Å². The van der Waals surface area contributed by atoms with E-state index < -0.39 is 29.3 Å². The molecule has 1 unspecified atom stereocenters. The summed E-state index contributed by atoms with van der Waals surface area (Å²) in [6.45, 7) is 0.888. The molecule has 0 radical (unpaired) electrons. The van der Waals surface area contributed by atoms with Crippen LogP contribution in [0.4, 0.5) is 8.78 Å². The molecular weight excluding hydrogens is 268 g/mol. The summed E-state index contributed by atoms with van der Waals surface area (Å²) < 4.78 is 26.1. The first-order valence-electron chi connectivity index (χ1n) is 6.40. The van der Waals surface area contributed by atoms with Crippen LogP contribution in [0.15, 0.2) is 18.2 Å². The summed E-state index contributed by atoms with van der Waals surface area (Å²) in [7, 11) is 0. The fourth-order valence-corrected chi connectivity index (χ4v) is 2.41. The minimum Gasteiger partial charge on any atom is -0.481 e. The first-order chi connectivity index (χ1) is 9.45. The maximum Gasteiger partial charge on any atom is 0.307 e. The summed E-state index contributed by atoms with van der Waals surface area (Å²) in [5.41, 5.74) is -0.0278. The van der Waals surface area contributed by atoms with Crippen molar-refractivity contribution in [2.75, 3.05) is 19.6 Å². The Labute approximate surface area is 115 Å². The van der Waals surface area contributed by atoms with Gasteiger partial charge in [0.25, 0.3) is 0 Å². The van der Waals surface area contributed by atoms with Crippen LogP contribution >= 0.6 is 0 Å². The van der Waals surface area contributed by atoms with Crippen molar-refractivity contribution in [2.24, 2.45) is 5.92 Å². The van der Waals surface area contributed by atoms with Crippen LogP contribution in [0.25, 0.3) is 0 Å². The quantitative estimate of drug-likeness (QED) is 0.858. The molecule has 0 saturated carbocycles. The van der Waals surface area contributed by atoms with Crippen LogP contribution in [-0.2, 0) is 4.79 Å². The molecule has 0 bridgehead atoms. The average molecular weight is 283 g/mol. The lowest BCUT2D eigenvalue weighted by atomic mass is 9.97. The van der Waals surface area contributed by atoms with E-state index in [1.165, 1.54) is 0 Å². The van der Waals surface area contributed by atoms with Gasteiger partial charge in [0.05, 0.1) is 12.5 Å². The Morgan fingerprint density at radius 2 is 1.90 bits per heavy atom. The van der Waals surface area contributed by atoms with E-state index in [4.69, 9.17) is 5.11 Å². The normalized spacial score (nSPS) is 19.8. The van der Waals surface area contributed by atoms with Crippen molar-refractivity contribution in [3.63, 3.8) is 0 Å². The Hall–Kier alpha value is -1.82. The monoisotopic (exact) mass is 283 g/mol. The fourth-order valence-electron chi connectivity index (χ4n) is 2.41. The molecule has 1 aromatic rings. The van der Waals surface area contributed by atoms with Crippen molar-refractivity contribution in [1.29, 1.82) is 0 Å². The van der Waals surface area contributed by atoms with E-state index in [9.17, 15) is 18.4 Å². The summed E-state index contributed by atoms with van der Waals surface area (Å²) in [5, 5.41) is 8.97. The van der Waals surface area contributed by atoms with E-state index >= 15 is 0 Å². The van der Waals surface area contributed by atoms with Gasteiger partial charge in [0.1, 0.15) is 11.6 Å². The number of aliphatic carboxylic acids is 1. The minimum absolute atomic E-state index is 0.0212. The number of rotatable bonds is 4. The maximum absolute atomic E-state index is 13.1. The maximum atomic E-state index is 13.1. The van der Waals surface area contributed by atoms with Gasteiger partial charge in [-0.05, 0) is 31.5 Å². The summed E-state index contributed by atoms with van der Waals surface area (Å²) in [6.07, 6.45) is 1.29. The van der Waals surface area contributed by atoms with Crippen LogP contribution in [0.2, 0.25) is 0 Å². The Bertz CT molecular complexity index is 513. The zero-order chi connectivity index (χ0) is 14.7. The highest BCUT2D eigenvalue weighted by atomic mass is 19.1. The van der Waals surface area contributed by atoms with Gasteiger partial charge in [-0.15, -0.1) is 0 Å². The molecule has 1 aliphatic heterocycles. The van der Waals surface area contributed by atoms with Gasteiger partial charge in [0.2, 0.25) is 0 Å². The van der Waals surface area contributed by atoms with Crippen LogP contribution in [0, 0.1) is 17.6 Å². The first kappa shape index (κ1) is 14.6. The number of halogens is 2. The second-order valence-electron chi connectivity index (χ2n) is 4.99. The van der Waals surface area contributed by atoms with E-state index in [0.29, 0.717) is 32.0 Å². The van der Waals surface area contributed by atoms with Crippen LogP contribution in [0.3, 0.4) is 0 Å². The molecule has 108 valence electrons. The standard InChI is InChI=1S/C14H15F2NO3/c15-11-4-10(5-12(16)6-11)13(18)8-17-3-1-2-9(7-17)14(19)20/h4-6,9H,1-3,7-8H2,(H,19,20). The molecule has 2 rings (SSSR count). The van der Waals surface area contributed by atoms with Crippen molar-refractivity contribution in [1.82, 2.24) is 4.90 Å². The second-order valence-corrected chi connectivity index (χ2v) is 4.99. The number of piperidine rings is 1. The van der Waals surface area contributed by atoms with E-state index in [2.05, 4.69) is 0 Å². The Kier molecular flexibility index (Phi) is 4.44. The minimum atomic E-state index is -0.876. The summed E-state index contributed by atoms with van der Waals surface area (Å²) in [4.78, 5) is 24.6. The van der Waals surface area contributed by atoms with Gasteiger partial charge >= 0.3 is 5.97 Å². The van der Waals surface area contributed by atoms with Crippen molar-refractivity contribution in [3.05, 3.63) is 35.4 Å². The molecule has 1 aromatic carbocycles. The van der Waals surface area contributed by atoms with Crippen LogP contribution in [0.5, 0.6) is 0 Å². The number of carboxylic acid groups (broad SMARTS) is 1. The molecule has 4 nitrogen and oxygen atoms in total. The first-order valence-corrected chi connectivity index (χ1v) is 6.40. The molecule has 1 aliphatic rings. The fraction of sp³-hybridized carbons (Fsp3) is 0.429. The zero-order valence-electron chi connectivity index (χ0n) is 10.8. The SMILES string of the molecule is O=C(CN1CCCC(C(=O)O)C1)c1cc(F)cc(F)c1. The van der Waals surface area contributed by atoms with Crippen molar-refractivity contribution < 1.29 is 23.5 Å².